The van der Waals surface area contributed by atoms with Gasteiger partial charge in [0.05, 0.1) is 27.3 Å². The Labute approximate surface area is 203 Å². The Kier molecular flexibility index (Phi) is 6.82. The number of nitriles is 1. The number of nitrogens with one attached hydrogen (secondary N) is 2. The molecule has 0 bridgehead atoms. The number of ether oxygens (including phenoxy) is 1. The van der Waals surface area contributed by atoms with Crippen molar-refractivity contribution in [2.75, 3.05) is 5.32 Å². The van der Waals surface area contributed by atoms with Gasteiger partial charge in [0.1, 0.15) is 18.1 Å². The second-order valence-electron chi connectivity index (χ2n) is 6.76. The fraction of sp³-hybridized carbons (Fsp3) is 0.0952. The molecule has 0 aliphatic heterocycles. The van der Waals surface area contributed by atoms with Crippen molar-refractivity contribution < 1.29 is 9.53 Å². The van der Waals surface area contributed by atoms with E-state index in [1.807, 2.05) is 6.07 Å². The van der Waals surface area contributed by atoms with Gasteiger partial charge in [-0.1, -0.05) is 23.2 Å². The van der Waals surface area contributed by atoms with Crippen LogP contribution < -0.4 is 15.4 Å². The summed E-state index contributed by atoms with van der Waals surface area (Å²) < 4.78 is 7.10. The second-order valence-corrected chi connectivity index (χ2v) is 7.57. The van der Waals surface area contributed by atoms with Gasteiger partial charge in [-0.15, -0.1) is 0 Å². The lowest BCUT2D eigenvalue weighted by Crippen LogP contribution is -2.32. The molecule has 1 unspecified atom stereocenters. The number of rotatable bonds is 6. The fourth-order valence-electron chi connectivity index (χ4n) is 2.84. The lowest BCUT2D eigenvalue weighted by molar-refractivity contribution is 0.248. The molecule has 0 spiro atoms. The summed E-state index contributed by atoms with van der Waals surface area (Å²) in [5.41, 5.74) is 0.643. The summed E-state index contributed by atoms with van der Waals surface area (Å²) in [4.78, 5) is 29.2. The van der Waals surface area contributed by atoms with E-state index in [4.69, 9.17) is 33.2 Å². The number of anilines is 1. The van der Waals surface area contributed by atoms with E-state index >= 15 is 0 Å². The Morgan fingerprint density at radius 3 is 2.65 bits per heavy atom. The first-order valence-corrected chi connectivity index (χ1v) is 10.5. The summed E-state index contributed by atoms with van der Waals surface area (Å²) >= 11 is 12.5. The van der Waals surface area contributed by atoms with E-state index in [0.717, 1.165) is 0 Å². The summed E-state index contributed by atoms with van der Waals surface area (Å²) in [7, 11) is 0. The predicted octanol–water partition coefficient (Wildman–Crippen LogP) is 4.31. The van der Waals surface area contributed by atoms with Gasteiger partial charge < -0.3 is 15.4 Å². The number of urea groups is 1. The van der Waals surface area contributed by atoms with Crippen LogP contribution in [0.15, 0.2) is 55.2 Å². The first-order valence-electron chi connectivity index (χ1n) is 9.72. The van der Waals surface area contributed by atoms with Gasteiger partial charge in [0.15, 0.2) is 5.82 Å². The standard InChI is InChI=1S/C21H15Cl2N9O2/c1-12(19-28-11-29-32(19)20-25-5-2-6-26-20)30-21(33)31-16-8-17(15(23)7-14(16)22)34-18-4-3-13(9-24)10-27-18/h2-8,10-12H,1H3,(H2,30,31,33). The number of amides is 2. The third-order valence-electron chi connectivity index (χ3n) is 4.40. The molecular formula is C21H15Cl2N9O2. The van der Waals surface area contributed by atoms with Crippen molar-refractivity contribution >= 4 is 34.9 Å². The van der Waals surface area contributed by atoms with Crippen LogP contribution in [0.25, 0.3) is 5.95 Å². The lowest BCUT2D eigenvalue weighted by Gasteiger charge is -2.16. The van der Waals surface area contributed by atoms with Gasteiger partial charge in [-0.3, -0.25) is 0 Å². The smallest absolute Gasteiger partial charge is 0.319 e. The number of benzene rings is 1. The molecule has 0 saturated carbocycles. The molecule has 3 heterocycles. The van der Waals surface area contributed by atoms with Crippen LogP contribution in [0, 0.1) is 11.3 Å². The molecule has 13 heteroatoms. The van der Waals surface area contributed by atoms with E-state index in [2.05, 4.69) is 35.7 Å². The van der Waals surface area contributed by atoms with Crippen LogP contribution >= 0.6 is 23.2 Å². The summed E-state index contributed by atoms with van der Waals surface area (Å²) in [6.45, 7) is 1.73. The highest BCUT2D eigenvalue weighted by Crippen LogP contribution is 2.36. The van der Waals surface area contributed by atoms with Gasteiger partial charge in [-0.2, -0.15) is 15.0 Å². The van der Waals surface area contributed by atoms with Gasteiger partial charge in [0, 0.05) is 30.7 Å². The van der Waals surface area contributed by atoms with Crippen molar-refractivity contribution in [3.63, 3.8) is 0 Å². The molecule has 0 saturated heterocycles. The van der Waals surface area contributed by atoms with Crippen molar-refractivity contribution in [3.05, 3.63) is 76.7 Å². The molecule has 1 atom stereocenters. The van der Waals surface area contributed by atoms with E-state index < -0.39 is 12.1 Å². The van der Waals surface area contributed by atoms with Crippen molar-refractivity contribution in [1.29, 1.82) is 5.26 Å². The molecule has 34 heavy (non-hydrogen) atoms. The number of hydrogen-bond donors (Lipinski definition) is 2. The number of hydrogen-bond acceptors (Lipinski definition) is 8. The minimum atomic E-state index is -0.553. The monoisotopic (exact) mass is 495 g/mol. The van der Waals surface area contributed by atoms with Crippen LogP contribution in [-0.2, 0) is 0 Å². The molecule has 2 N–H and O–H groups in total. The third kappa shape index (κ3) is 5.20. The summed E-state index contributed by atoms with van der Waals surface area (Å²) in [5, 5.41) is 18.8. The average molecular weight is 496 g/mol. The second kappa shape index (κ2) is 10.1. The minimum Gasteiger partial charge on any atom is -0.437 e. The van der Waals surface area contributed by atoms with Crippen molar-refractivity contribution in [1.82, 2.24) is 35.0 Å². The van der Waals surface area contributed by atoms with Crippen LogP contribution in [0.3, 0.4) is 0 Å². The van der Waals surface area contributed by atoms with Gasteiger partial charge in [-0.05, 0) is 25.1 Å². The van der Waals surface area contributed by atoms with Crippen LogP contribution in [-0.4, -0.2) is 35.7 Å². The highest BCUT2D eigenvalue weighted by molar-refractivity contribution is 6.37. The van der Waals surface area contributed by atoms with E-state index in [0.29, 0.717) is 17.3 Å². The van der Waals surface area contributed by atoms with Crippen LogP contribution in [0.4, 0.5) is 10.5 Å². The SMILES string of the molecule is CC(NC(=O)Nc1cc(Oc2ccc(C#N)cn2)c(Cl)cc1Cl)c1ncnn1-c1ncccn1. The molecule has 0 fully saturated rings. The number of halogens is 2. The quantitative estimate of drug-likeness (QED) is 0.402. The zero-order valence-corrected chi connectivity index (χ0v) is 19.0. The molecule has 170 valence electrons. The normalized spacial score (nSPS) is 11.4. The van der Waals surface area contributed by atoms with E-state index in [-0.39, 0.29) is 27.4 Å². The van der Waals surface area contributed by atoms with Gasteiger partial charge in [-0.25, -0.2) is 24.7 Å². The number of nitrogens with zero attached hydrogens (tertiary/aromatic N) is 7. The molecule has 2 amide bonds. The Bertz CT molecular complexity index is 1360. The topological polar surface area (TPSA) is 144 Å². The number of aromatic nitrogens is 6. The van der Waals surface area contributed by atoms with Crippen molar-refractivity contribution in [2.24, 2.45) is 0 Å². The Hall–Kier alpha value is -4.27. The molecule has 11 nitrogen and oxygen atoms in total. The average Bonchev–Trinajstić information content (AvgIpc) is 3.33. The van der Waals surface area contributed by atoms with Crippen molar-refractivity contribution in [3.8, 4) is 23.6 Å². The lowest BCUT2D eigenvalue weighted by atomic mass is 10.3. The van der Waals surface area contributed by atoms with Crippen molar-refractivity contribution in [2.45, 2.75) is 13.0 Å². The Morgan fingerprint density at radius 2 is 1.94 bits per heavy atom. The molecule has 4 rings (SSSR count). The van der Waals surface area contributed by atoms with E-state index in [1.54, 1.807) is 31.5 Å². The highest BCUT2D eigenvalue weighted by Gasteiger charge is 2.19. The third-order valence-corrected chi connectivity index (χ3v) is 5.01. The summed E-state index contributed by atoms with van der Waals surface area (Å²) in [6, 6.07) is 8.54. The molecule has 1 aromatic carbocycles. The largest absolute Gasteiger partial charge is 0.437 e. The fourth-order valence-corrected chi connectivity index (χ4v) is 3.31. The molecule has 3 aromatic heterocycles. The molecule has 4 aromatic rings. The minimum absolute atomic E-state index is 0.203. The molecule has 0 aliphatic rings. The van der Waals surface area contributed by atoms with E-state index in [9.17, 15) is 4.79 Å². The van der Waals surface area contributed by atoms with E-state index in [1.165, 1.54) is 35.4 Å². The first kappa shape index (κ1) is 22.9. The van der Waals surface area contributed by atoms with Crippen LogP contribution in [0.5, 0.6) is 11.6 Å². The van der Waals surface area contributed by atoms with Crippen LogP contribution in [0.1, 0.15) is 24.4 Å². The Morgan fingerprint density at radius 1 is 1.15 bits per heavy atom. The zero-order valence-electron chi connectivity index (χ0n) is 17.5. The maximum Gasteiger partial charge on any atom is 0.319 e. The number of pyridine rings is 1. The number of carbonyl (C=O) groups excluding carboxylic acids is 1. The summed E-state index contributed by atoms with van der Waals surface area (Å²) in [6.07, 6.45) is 5.87. The zero-order chi connectivity index (χ0) is 24.1. The number of carbonyl (C=O) groups is 1. The maximum atomic E-state index is 12.7. The maximum absolute atomic E-state index is 12.7. The molecule has 0 aliphatic carbocycles. The predicted molar refractivity (Wildman–Crippen MR) is 123 cm³/mol. The van der Waals surface area contributed by atoms with Crippen LogP contribution in [0.2, 0.25) is 10.0 Å². The van der Waals surface area contributed by atoms with Gasteiger partial charge in [0.2, 0.25) is 5.88 Å². The highest BCUT2D eigenvalue weighted by atomic mass is 35.5. The summed E-state index contributed by atoms with van der Waals surface area (Å²) in [5.74, 6) is 1.18. The molecule has 0 radical (unpaired) electrons. The van der Waals surface area contributed by atoms with Gasteiger partial charge in [0.25, 0.3) is 5.95 Å². The molecular weight excluding hydrogens is 481 g/mol. The Balaban J connectivity index is 1.47. The first-order chi connectivity index (χ1) is 16.4. The van der Waals surface area contributed by atoms with Gasteiger partial charge >= 0.3 is 6.03 Å².